The lowest BCUT2D eigenvalue weighted by atomic mass is 10.1. The van der Waals surface area contributed by atoms with Gasteiger partial charge in [-0.25, -0.2) is 4.79 Å². The van der Waals surface area contributed by atoms with Gasteiger partial charge in [0.05, 0.1) is 42.8 Å². The minimum absolute atomic E-state index is 0.0236. The molecule has 40 heavy (non-hydrogen) atoms. The van der Waals surface area contributed by atoms with Gasteiger partial charge >= 0.3 is 11.9 Å². The molecule has 0 saturated heterocycles. The van der Waals surface area contributed by atoms with Crippen molar-refractivity contribution in [1.29, 1.82) is 0 Å². The van der Waals surface area contributed by atoms with Crippen LogP contribution in [0.1, 0.15) is 30.6 Å². The largest absolute Gasteiger partial charge is 0.491 e. The third kappa shape index (κ3) is 9.79. The van der Waals surface area contributed by atoms with Gasteiger partial charge in [0.2, 0.25) is 0 Å². The molecule has 3 aromatic carbocycles. The van der Waals surface area contributed by atoms with Crippen LogP contribution in [0.2, 0.25) is 0 Å². The van der Waals surface area contributed by atoms with Crippen LogP contribution in [0.15, 0.2) is 72.8 Å². The predicted molar refractivity (Wildman–Crippen MR) is 147 cm³/mol. The summed E-state index contributed by atoms with van der Waals surface area (Å²) in [7, 11) is 0. The molecular formula is C30H33NO9. The Labute approximate surface area is 232 Å². The van der Waals surface area contributed by atoms with Crippen molar-refractivity contribution >= 4 is 17.6 Å². The van der Waals surface area contributed by atoms with E-state index in [1.807, 2.05) is 13.8 Å². The molecule has 10 heteroatoms. The Hall–Kier alpha value is -4.28. The van der Waals surface area contributed by atoms with Crippen LogP contribution in [0, 0.1) is 16.0 Å². The molecule has 0 bridgehead atoms. The van der Waals surface area contributed by atoms with Gasteiger partial charge < -0.3 is 23.7 Å². The lowest BCUT2D eigenvalue weighted by Gasteiger charge is -2.10. The van der Waals surface area contributed by atoms with Crippen LogP contribution in [-0.2, 0) is 19.0 Å². The third-order valence-electron chi connectivity index (χ3n) is 5.92. The number of carbonyl (C=O) groups excluding carboxylic acids is 2. The lowest BCUT2D eigenvalue weighted by Crippen LogP contribution is -2.18. The molecule has 0 fully saturated rings. The van der Waals surface area contributed by atoms with Gasteiger partial charge in [-0.2, -0.15) is 0 Å². The van der Waals surface area contributed by atoms with E-state index in [1.165, 1.54) is 12.1 Å². The third-order valence-corrected chi connectivity index (χ3v) is 5.92. The molecule has 0 N–H and O–H groups in total. The molecule has 0 aromatic heterocycles. The average molecular weight is 552 g/mol. The van der Waals surface area contributed by atoms with Crippen LogP contribution in [0.3, 0.4) is 0 Å². The minimum Gasteiger partial charge on any atom is -0.491 e. The van der Waals surface area contributed by atoms with Gasteiger partial charge in [-0.3, -0.25) is 14.9 Å². The molecule has 212 valence electrons. The van der Waals surface area contributed by atoms with Crippen LogP contribution in [0.4, 0.5) is 5.69 Å². The number of ether oxygens (including phenoxy) is 5. The van der Waals surface area contributed by atoms with Gasteiger partial charge in [-0.05, 0) is 66.1 Å². The van der Waals surface area contributed by atoms with E-state index >= 15 is 0 Å². The summed E-state index contributed by atoms with van der Waals surface area (Å²) in [6.45, 7) is 5.79. The van der Waals surface area contributed by atoms with Crippen LogP contribution >= 0.6 is 0 Å². The Bertz CT molecular complexity index is 1230. The molecule has 3 rings (SSSR count). The summed E-state index contributed by atoms with van der Waals surface area (Å²) in [6, 6.07) is 19.7. The second-order valence-corrected chi connectivity index (χ2v) is 8.79. The smallest absolute Gasteiger partial charge is 0.343 e. The Balaban J connectivity index is 1.31. The molecule has 10 nitrogen and oxygen atoms in total. The summed E-state index contributed by atoms with van der Waals surface area (Å²) >= 11 is 0. The van der Waals surface area contributed by atoms with Crippen molar-refractivity contribution in [3.05, 3.63) is 88.5 Å². The summed E-state index contributed by atoms with van der Waals surface area (Å²) in [4.78, 5) is 34.4. The van der Waals surface area contributed by atoms with Crippen LogP contribution in [0.25, 0.3) is 11.1 Å². The Morgan fingerprint density at radius 3 is 1.85 bits per heavy atom. The highest BCUT2D eigenvalue weighted by Crippen LogP contribution is 2.25. The number of esters is 2. The summed E-state index contributed by atoms with van der Waals surface area (Å²) in [5.41, 5.74) is 2.05. The van der Waals surface area contributed by atoms with Crippen LogP contribution in [-0.4, -0.2) is 56.5 Å². The first-order valence-corrected chi connectivity index (χ1v) is 13.0. The number of nitro benzene ring substituents is 1. The van der Waals surface area contributed by atoms with Crippen molar-refractivity contribution < 1.29 is 38.2 Å². The maximum atomic E-state index is 12.5. The molecule has 1 unspecified atom stereocenters. The molecule has 0 amide bonds. The van der Waals surface area contributed by atoms with E-state index in [9.17, 15) is 19.7 Å². The maximum absolute atomic E-state index is 12.5. The van der Waals surface area contributed by atoms with Crippen LogP contribution in [0.5, 0.6) is 11.5 Å². The van der Waals surface area contributed by atoms with Crippen molar-refractivity contribution in [1.82, 2.24) is 0 Å². The summed E-state index contributed by atoms with van der Waals surface area (Å²) in [5.74, 6) is 0.150. The van der Waals surface area contributed by atoms with E-state index < -0.39 is 10.9 Å². The quantitative estimate of drug-likeness (QED) is 0.0748. The van der Waals surface area contributed by atoms with E-state index in [4.69, 9.17) is 23.7 Å². The van der Waals surface area contributed by atoms with Crippen molar-refractivity contribution in [3.8, 4) is 22.6 Å². The summed E-state index contributed by atoms with van der Waals surface area (Å²) < 4.78 is 27.0. The molecular weight excluding hydrogens is 518 g/mol. The average Bonchev–Trinajstić information content (AvgIpc) is 2.98. The van der Waals surface area contributed by atoms with Gasteiger partial charge in [0.15, 0.2) is 0 Å². The van der Waals surface area contributed by atoms with Crippen molar-refractivity contribution in [2.24, 2.45) is 5.92 Å². The fourth-order valence-electron chi connectivity index (χ4n) is 3.39. The summed E-state index contributed by atoms with van der Waals surface area (Å²) in [6.07, 6.45) is 0.748. The number of carbonyl (C=O) groups is 2. The molecule has 0 aliphatic carbocycles. The highest BCUT2D eigenvalue weighted by Gasteiger charge is 2.12. The number of non-ortho nitro benzene ring substituents is 1. The standard InChI is InChI=1S/C30H33NO9/c1-3-22(2)29(32)39-21-19-37-17-16-36-18-20-38-27-12-8-25(9-13-27)30(33)40-28-14-6-24(7-15-28)23-4-10-26(11-5-23)31(34)35/h4-15,22H,3,16-21H2,1-2H3. The van der Waals surface area contributed by atoms with Gasteiger partial charge in [-0.15, -0.1) is 0 Å². The lowest BCUT2D eigenvalue weighted by molar-refractivity contribution is -0.384. The van der Waals surface area contributed by atoms with Gasteiger partial charge in [-0.1, -0.05) is 26.0 Å². The predicted octanol–water partition coefficient (Wildman–Crippen LogP) is 5.48. The monoisotopic (exact) mass is 551 g/mol. The molecule has 0 saturated carbocycles. The molecule has 1 atom stereocenters. The number of hydrogen-bond donors (Lipinski definition) is 0. The molecule has 0 spiro atoms. The number of nitro groups is 1. The highest BCUT2D eigenvalue weighted by atomic mass is 16.6. The SMILES string of the molecule is CCC(C)C(=O)OCCOCCOCCOc1ccc(C(=O)Oc2ccc(-c3ccc([N+](=O)[O-])cc3)cc2)cc1. The fourth-order valence-corrected chi connectivity index (χ4v) is 3.39. The number of rotatable bonds is 16. The number of benzene rings is 3. The second-order valence-electron chi connectivity index (χ2n) is 8.79. The Morgan fingerprint density at radius 2 is 1.27 bits per heavy atom. The van der Waals surface area contributed by atoms with E-state index in [0.717, 1.165) is 17.5 Å². The molecule has 3 aromatic rings. The minimum atomic E-state index is -0.507. The summed E-state index contributed by atoms with van der Waals surface area (Å²) in [5, 5.41) is 10.8. The van der Waals surface area contributed by atoms with Crippen molar-refractivity contribution in [2.45, 2.75) is 20.3 Å². The first kappa shape index (κ1) is 30.3. The number of hydrogen-bond acceptors (Lipinski definition) is 9. The van der Waals surface area contributed by atoms with Gasteiger partial charge in [0, 0.05) is 12.1 Å². The van der Waals surface area contributed by atoms with E-state index in [0.29, 0.717) is 50.1 Å². The maximum Gasteiger partial charge on any atom is 0.343 e. The normalized spacial score (nSPS) is 11.4. The first-order chi connectivity index (χ1) is 19.4. The van der Waals surface area contributed by atoms with Gasteiger partial charge in [0.1, 0.15) is 24.7 Å². The van der Waals surface area contributed by atoms with Crippen molar-refractivity contribution in [3.63, 3.8) is 0 Å². The Kier molecular flexibility index (Phi) is 12.1. The second kappa shape index (κ2) is 16.0. The fraction of sp³-hybridized carbons (Fsp3) is 0.333. The molecule has 0 aliphatic rings. The van der Waals surface area contributed by atoms with Crippen LogP contribution < -0.4 is 9.47 Å². The van der Waals surface area contributed by atoms with E-state index in [2.05, 4.69) is 0 Å². The van der Waals surface area contributed by atoms with E-state index in [1.54, 1.807) is 60.7 Å². The highest BCUT2D eigenvalue weighted by molar-refractivity contribution is 5.91. The zero-order chi connectivity index (χ0) is 28.7. The molecule has 0 heterocycles. The number of nitrogens with zero attached hydrogens (tertiary/aromatic N) is 1. The zero-order valence-corrected chi connectivity index (χ0v) is 22.6. The topological polar surface area (TPSA) is 123 Å². The zero-order valence-electron chi connectivity index (χ0n) is 22.6. The van der Waals surface area contributed by atoms with Gasteiger partial charge in [0.25, 0.3) is 5.69 Å². The van der Waals surface area contributed by atoms with Crippen molar-refractivity contribution in [2.75, 3.05) is 39.6 Å². The Morgan fingerprint density at radius 1 is 0.750 bits per heavy atom. The first-order valence-electron chi connectivity index (χ1n) is 13.0. The molecule has 0 aliphatic heterocycles. The van der Waals surface area contributed by atoms with E-state index in [-0.39, 0.29) is 24.2 Å². The molecule has 0 radical (unpaired) electrons.